The standard InChI is InChI=1S/C14H27N3O4/c1-8(2)21-12(19)9(3)7-16-11(18)10(14(4,5)6)17-13(15)20/h8-10H,7H2,1-6H3,(H,16,18)(H3,15,17,20)/t9-,10+/m0/s1. The van der Waals surface area contributed by atoms with Crippen molar-refractivity contribution in [1.82, 2.24) is 10.6 Å². The average molecular weight is 301 g/mol. The summed E-state index contributed by atoms with van der Waals surface area (Å²) in [6, 6.07) is -1.54. The number of esters is 1. The van der Waals surface area contributed by atoms with E-state index in [4.69, 9.17) is 10.5 Å². The second kappa shape index (κ2) is 7.85. The van der Waals surface area contributed by atoms with Crippen molar-refractivity contribution in [3.8, 4) is 0 Å². The van der Waals surface area contributed by atoms with Crippen LogP contribution in [0.25, 0.3) is 0 Å². The number of primary amides is 1. The van der Waals surface area contributed by atoms with Gasteiger partial charge in [0, 0.05) is 6.54 Å². The normalized spacial score (nSPS) is 14.2. The summed E-state index contributed by atoms with van der Waals surface area (Å²) in [6.45, 7) is 10.7. The Balaban J connectivity index is 4.57. The topological polar surface area (TPSA) is 111 Å². The third-order valence-corrected chi connectivity index (χ3v) is 2.75. The minimum absolute atomic E-state index is 0.136. The SMILES string of the molecule is CC(C)OC(=O)[C@@H](C)CNC(=O)[C@@H](NC(N)=O)C(C)(C)C. The van der Waals surface area contributed by atoms with E-state index >= 15 is 0 Å². The molecular formula is C14H27N3O4. The molecule has 0 saturated heterocycles. The van der Waals surface area contributed by atoms with Crippen LogP contribution >= 0.6 is 0 Å². The molecular weight excluding hydrogens is 274 g/mol. The third-order valence-electron chi connectivity index (χ3n) is 2.75. The number of carbonyl (C=O) groups is 3. The second-order valence-corrected chi connectivity index (χ2v) is 6.44. The number of hydrogen-bond donors (Lipinski definition) is 3. The van der Waals surface area contributed by atoms with E-state index in [2.05, 4.69) is 10.6 Å². The lowest BCUT2D eigenvalue weighted by molar-refractivity contribution is -0.151. The van der Waals surface area contributed by atoms with Crippen LogP contribution in [0.4, 0.5) is 4.79 Å². The molecule has 0 unspecified atom stereocenters. The van der Waals surface area contributed by atoms with Gasteiger partial charge in [0.05, 0.1) is 12.0 Å². The van der Waals surface area contributed by atoms with Crippen LogP contribution < -0.4 is 16.4 Å². The number of ether oxygens (including phenoxy) is 1. The zero-order valence-electron chi connectivity index (χ0n) is 13.6. The first-order chi connectivity index (χ1) is 9.45. The van der Waals surface area contributed by atoms with Crippen LogP contribution in [0.2, 0.25) is 0 Å². The lowest BCUT2D eigenvalue weighted by Gasteiger charge is -2.30. The average Bonchev–Trinajstić information content (AvgIpc) is 2.30. The van der Waals surface area contributed by atoms with Crippen molar-refractivity contribution < 1.29 is 19.1 Å². The van der Waals surface area contributed by atoms with Gasteiger partial charge in [-0.25, -0.2) is 4.79 Å². The van der Waals surface area contributed by atoms with Crippen LogP contribution in [0.15, 0.2) is 0 Å². The Bertz CT molecular complexity index is 388. The van der Waals surface area contributed by atoms with Crippen molar-refractivity contribution in [3.05, 3.63) is 0 Å². The van der Waals surface area contributed by atoms with E-state index in [1.807, 2.05) is 20.8 Å². The number of nitrogens with two attached hydrogens (primary N) is 1. The summed E-state index contributed by atoms with van der Waals surface area (Å²) >= 11 is 0. The highest BCUT2D eigenvalue weighted by atomic mass is 16.5. The van der Waals surface area contributed by atoms with Crippen molar-refractivity contribution in [2.45, 2.75) is 53.7 Å². The Labute approximate surface area is 126 Å². The number of amides is 3. The Morgan fingerprint density at radius 1 is 1.14 bits per heavy atom. The Morgan fingerprint density at radius 3 is 2.05 bits per heavy atom. The quantitative estimate of drug-likeness (QED) is 0.629. The molecule has 0 fully saturated rings. The fourth-order valence-electron chi connectivity index (χ4n) is 1.61. The monoisotopic (exact) mass is 301 g/mol. The summed E-state index contributed by atoms with van der Waals surface area (Å²) in [4.78, 5) is 34.8. The van der Waals surface area contributed by atoms with Gasteiger partial charge in [-0.15, -0.1) is 0 Å². The second-order valence-electron chi connectivity index (χ2n) is 6.44. The summed E-state index contributed by atoms with van der Waals surface area (Å²) in [5.41, 5.74) is 4.58. The summed E-state index contributed by atoms with van der Waals surface area (Å²) in [5.74, 6) is -1.23. The predicted molar refractivity (Wildman–Crippen MR) is 79.4 cm³/mol. The summed E-state index contributed by atoms with van der Waals surface area (Å²) in [7, 11) is 0. The van der Waals surface area contributed by atoms with Gasteiger partial charge in [-0.3, -0.25) is 9.59 Å². The van der Waals surface area contributed by atoms with E-state index in [0.717, 1.165) is 0 Å². The molecule has 0 saturated carbocycles. The summed E-state index contributed by atoms with van der Waals surface area (Å²) < 4.78 is 5.06. The molecule has 0 aliphatic heterocycles. The lowest BCUT2D eigenvalue weighted by atomic mass is 9.86. The van der Waals surface area contributed by atoms with E-state index in [9.17, 15) is 14.4 Å². The minimum Gasteiger partial charge on any atom is -0.463 e. The zero-order chi connectivity index (χ0) is 16.8. The smallest absolute Gasteiger partial charge is 0.312 e. The van der Waals surface area contributed by atoms with E-state index in [1.165, 1.54) is 0 Å². The Morgan fingerprint density at radius 2 is 1.67 bits per heavy atom. The highest BCUT2D eigenvalue weighted by Crippen LogP contribution is 2.19. The molecule has 2 atom stereocenters. The van der Waals surface area contributed by atoms with Crippen molar-refractivity contribution in [2.24, 2.45) is 17.1 Å². The van der Waals surface area contributed by atoms with Gasteiger partial charge in [-0.05, 0) is 19.3 Å². The zero-order valence-corrected chi connectivity index (χ0v) is 13.6. The molecule has 0 spiro atoms. The van der Waals surface area contributed by atoms with Gasteiger partial charge >= 0.3 is 12.0 Å². The third kappa shape index (κ3) is 7.53. The van der Waals surface area contributed by atoms with E-state index < -0.39 is 23.4 Å². The molecule has 21 heavy (non-hydrogen) atoms. The van der Waals surface area contributed by atoms with Gasteiger partial charge in [-0.2, -0.15) is 0 Å². The van der Waals surface area contributed by atoms with Crippen LogP contribution in [-0.4, -0.2) is 36.6 Å². The van der Waals surface area contributed by atoms with E-state index in [0.29, 0.717) is 0 Å². The number of nitrogens with one attached hydrogen (secondary N) is 2. The minimum atomic E-state index is -0.775. The number of urea groups is 1. The molecule has 0 aromatic heterocycles. The van der Waals surface area contributed by atoms with Gasteiger partial charge in [0.15, 0.2) is 0 Å². The molecule has 0 bridgehead atoms. The van der Waals surface area contributed by atoms with Crippen molar-refractivity contribution in [1.29, 1.82) is 0 Å². The fraction of sp³-hybridized carbons (Fsp3) is 0.786. The molecule has 7 nitrogen and oxygen atoms in total. The van der Waals surface area contributed by atoms with Crippen LogP contribution in [-0.2, 0) is 14.3 Å². The molecule has 0 radical (unpaired) electrons. The summed E-state index contributed by atoms with van der Waals surface area (Å²) in [6.07, 6.45) is -0.200. The highest BCUT2D eigenvalue weighted by Gasteiger charge is 2.32. The van der Waals surface area contributed by atoms with Crippen LogP contribution in [0.1, 0.15) is 41.5 Å². The molecule has 3 amide bonds. The van der Waals surface area contributed by atoms with E-state index in [-0.39, 0.29) is 24.5 Å². The molecule has 0 heterocycles. The maximum absolute atomic E-state index is 12.1. The Kier molecular flexibility index (Phi) is 7.18. The maximum atomic E-state index is 12.1. The molecule has 0 aliphatic rings. The first-order valence-electron chi connectivity index (χ1n) is 6.99. The Hall–Kier alpha value is -1.79. The number of rotatable bonds is 6. The van der Waals surface area contributed by atoms with Gasteiger partial charge in [0.2, 0.25) is 5.91 Å². The van der Waals surface area contributed by atoms with Crippen molar-refractivity contribution in [2.75, 3.05) is 6.54 Å². The van der Waals surface area contributed by atoms with Crippen LogP contribution in [0.3, 0.4) is 0 Å². The molecule has 122 valence electrons. The first kappa shape index (κ1) is 19.2. The number of carbonyl (C=O) groups excluding carboxylic acids is 3. The largest absolute Gasteiger partial charge is 0.463 e. The molecule has 0 rings (SSSR count). The molecule has 0 aliphatic carbocycles. The summed E-state index contributed by atoms with van der Waals surface area (Å²) in [5, 5.41) is 5.05. The highest BCUT2D eigenvalue weighted by molar-refractivity contribution is 5.87. The van der Waals surface area contributed by atoms with Crippen LogP contribution in [0, 0.1) is 11.3 Å². The predicted octanol–water partition coefficient (Wildman–Crippen LogP) is 0.773. The molecule has 4 N–H and O–H groups in total. The molecule has 0 aromatic carbocycles. The maximum Gasteiger partial charge on any atom is 0.312 e. The first-order valence-corrected chi connectivity index (χ1v) is 6.99. The van der Waals surface area contributed by atoms with Crippen molar-refractivity contribution >= 4 is 17.9 Å². The van der Waals surface area contributed by atoms with Crippen LogP contribution in [0.5, 0.6) is 0 Å². The van der Waals surface area contributed by atoms with E-state index in [1.54, 1.807) is 20.8 Å². The molecule has 7 heteroatoms. The molecule has 0 aromatic rings. The van der Waals surface area contributed by atoms with Gasteiger partial charge in [0.25, 0.3) is 0 Å². The fourth-order valence-corrected chi connectivity index (χ4v) is 1.61. The van der Waals surface area contributed by atoms with Gasteiger partial charge in [-0.1, -0.05) is 27.7 Å². The van der Waals surface area contributed by atoms with Gasteiger partial charge < -0.3 is 21.1 Å². The lowest BCUT2D eigenvalue weighted by Crippen LogP contribution is -2.55. The van der Waals surface area contributed by atoms with Crippen molar-refractivity contribution in [3.63, 3.8) is 0 Å². The number of hydrogen-bond acceptors (Lipinski definition) is 4. The van der Waals surface area contributed by atoms with Gasteiger partial charge in [0.1, 0.15) is 6.04 Å².